The van der Waals surface area contributed by atoms with Crippen LogP contribution < -0.4 is 0 Å². The molecule has 15 aromatic rings. The Kier molecular flexibility index (Phi) is 8.72. The van der Waals surface area contributed by atoms with E-state index in [4.69, 9.17) is 8.83 Å². The summed E-state index contributed by atoms with van der Waals surface area (Å²) in [4.78, 5) is 0. The van der Waals surface area contributed by atoms with Crippen LogP contribution in [0.15, 0.2) is 239 Å². The Hall–Kier alpha value is -9.50. The fourth-order valence-corrected chi connectivity index (χ4v) is 14.5. The Bertz CT molecular complexity index is 4820. The highest BCUT2D eigenvalue weighted by Crippen LogP contribution is 2.62. The maximum atomic E-state index is 7.16. The standard InChI is InChI=1S/C76H50O2/c1-75(2)63-41-62-64(42-61(63)69-65(75)39-59(73-71(69)57-29-13-15-33-67(57)77-73)55-37-35-53(49-25-9-11-27-51(49)55)47-31-17-21-43-19-5-7-23-45(43)47)76(3,4)66-40-60(74-72(70(62)66)58-30-14-16-34-68(58)78-74)56-38-36-54(50-26-10-12-28-52(50)56)48-32-18-22-44-20-6-8-24-46(44)48/h5-42H,1-4H3. The van der Waals surface area contributed by atoms with Gasteiger partial charge in [0, 0.05) is 43.5 Å². The fourth-order valence-electron chi connectivity index (χ4n) is 14.5. The second kappa shape index (κ2) is 15.6. The van der Waals surface area contributed by atoms with E-state index in [-0.39, 0.29) is 10.8 Å². The number of fused-ring (bicyclic) bond motifs is 18. The lowest BCUT2D eigenvalue weighted by Gasteiger charge is -2.24. The molecule has 0 aliphatic heterocycles. The van der Waals surface area contributed by atoms with E-state index in [9.17, 15) is 0 Å². The van der Waals surface area contributed by atoms with Gasteiger partial charge in [-0.15, -0.1) is 0 Å². The van der Waals surface area contributed by atoms with Crippen LogP contribution in [0, 0.1) is 0 Å². The first-order valence-corrected chi connectivity index (χ1v) is 27.4. The summed E-state index contributed by atoms with van der Waals surface area (Å²) in [5, 5.41) is 14.5. The van der Waals surface area contributed by atoms with E-state index in [1.165, 1.54) is 132 Å². The van der Waals surface area contributed by atoms with Crippen molar-refractivity contribution in [2.75, 3.05) is 0 Å². The summed E-state index contributed by atoms with van der Waals surface area (Å²) >= 11 is 0. The van der Waals surface area contributed by atoms with E-state index in [1.54, 1.807) is 0 Å². The minimum Gasteiger partial charge on any atom is -0.455 e. The first-order valence-electron chi connectivity index (χ1n) is 27.4. The molecule has 2 aromatic heterocycles. The largest absolute Gasteiger partial charge is 0.455 e. The van der Waals surface area contributed by atoms with Gasteiger partial charge in [-0.2, -0.15) is 0 Å². The summed E-state index contributed by atoms with van der Waals surface area (Å²) in [6.07, 6.45) is 0. The van der Waals surface area contributed by atoms with Crippen LogP contribution in [0.5, 0.6) is 0 Å². The van der Waals surface area contributed by atoms with Crippen LogP contribution in [-0.2, 0) is 10.8 Å². The Labute approximate surface area is 451 Å². The van der Waals surface area contributed by atoms with Crippen LogP contribution in [0.3, 0.4) is 0 Å². The molecule has 2 heteroatoms. The molecular formula is C76H50O2. The molecule has 0 unspecified atom stereocenters. The maximum Gasteiger partial charge on any atom is 0.143 e. The molecule has 0 saturated carbocycles. The molecule has 0 spiro atoms. The zero-order valence-electron chi connectivity index (χ0n) is 43.8. The zero-order chi connectivity index (χ0) is 51.8. The number of hydrogen-bond acceptors (Lipinski definition) is 2. The molecule has 366 valence electrons. The Morgan fingerprint density at radius 3 is 0.936 bits per heavy atom. The smallest absolute Gasteiger partial charge is 0.143 e. The topological polar surface area (TPSA) is 26.3 Å². The fraction of sp³-hybridized carbons (Fsp3) is 0.0789. The Morgan fingerprint density at radius 2 is 0.538 bits per heavy atom. The number of benzene rings is 13. The van der Waals surface area contributed by atoms with Crippen molar-refractivity contribution in [3.8, 4) is 66.8 Å². The zero-order valence-corrected chi connectivity index (χ0v) is 43.8. The lowest BCUT2D eigenvalue weighted by molar-refractivity contribution is 0.650. The summed E-state index contributed by atoms with van der Waals surface area (Å²) in [5.41, 5.74) is 22.9. The lowest BCUT2D eigenvalue weighted by atomic mass is 9.78. The van der Waals surface area contributed by atoms with Crippen molar-refractivity contribution in [2.24, 2.45) is 0 Å². The number of para-hydroxylation sites is 2. The summed E-state index contributed by atoms with van der Waals surface area (Å²) < 4.78 is 14.3. The van der Waals surface area contributed by atoms with Crippen LogP contribution in [0.2, 0.25) is 0 Å². The first kappa shape index (κ1) is 43.7. The van der Waals surface area contributed by atoms with Gasteiger partial charge < -0.3 is 8.83 Å². The van der Waals surface area contributed by atoms with Crippen molar-refractivity contribution >= 4 is 87.0 Å². The highest BCUT2D eigenvalue weighted by Gasteiger charge is 2.45. The van der Waals surface area contributed by atoms with Crippen LogP contribution in [0.25, 0.3) is 154 Å². The lowest BCUT2D eigenvalue weighted by Crippen LogP contribution is -2.17. The van der Waals surface area contributed by atoms with Gasteiger partial charge in [0.25, 0.3) is 0 Å². The molecule has 0 saturated heterocycles. The molecule has 0 amide bonds. The van der Waals surface area contributed by atoms with Crippen molar-refractivity contribution in [1.82, 2.24) is 0 Å². The predicted molar refractivity (Wildman–Crippen MR) is 328 cm³/mol. The number of hydrogen-bond donors (Lipinski definition) is 0. The molecule has 2 heterocycles. The van der Waals surface area contributed by atoms with Gasteiger partial charge in [0.1, 0.15) is 22.3 Å². The summed E-state index contributed by atoms with van der Waals surface area (Å²) in [6.45, 7) is 9.74. The van der Waals surface area contributed by atoms with Crippen molar-refractivity contribution < 1.29 is 8.83 Å². The van der Waals surface area contributed by atoms with Crippen molar-refractivity contribution in [1.29, 1.82) is 0 Å². The minimum absolute atomic E-state index is 0.352. The molecule has 78 heavy (non-hydrogen) atoms. The molecule has 0 fully saturated rings. The van der Waals surface area contributed by atoms with Crippen LogP contribution >= 0.6 is 0 Å². The summed E-state index contributed by atoms with van der Waals surface area (Å²) in [6, 6.07) is 85.3. The molecule has 2 aliphatic carbocycles. The van der Waals surface area contributed by atoms with Crippen molar-refractivity contribution in [3.63, 3.8) is 0 Å². The predicted octanol–water partition coefficient (Wildman–Crippen LogP) is 21.4. The summed E-state index contributed by atoms with van der Waals surface area (Å²) in [5.74, 6) is 0. The average Bonchev–Trinajstić information content (AvgIpc) is 4.19. The van der Waals surface area contributed by atoms with E-state index in [1.807, 2.05) is 0 Å². The van der Waals surface area contributed by atoms with Gasteiger partial charge in [0.15, 0.2) is 0 Å². The normalized spacial score (nSPS) is 14.1. The van der Waals surface area contributed by atoms with Gasteiger partial charge in [-0.05, 0) is 157 Å². The van der Waals surface area contributed by atoms with Gasteiger partial charge in [-0.3, -0.25) is 0 Å². The molecule has 0 atom stereocenters. The molecule has 2 aliphatic rings. The van der Waals surface area contributed by atoms with Gasteiger partial charge in [-0.1, -0.05) is 222 Å². The molecule has 17 rings (SSSR count). The van der Waals surface area contributed by atoms with E-state index >= 15 is 0 Å². The quantitative estimate of drug-likeness (QED) is 0.176. The van der Waals surface area contributed by atoms with E-state index in [0.717, 1.165) is 44.2 Å². The monoisotopic (exact) mass is 994 g/mol. The second-order valence-corrected chi connectivity index (χ2v) is 23.0. The van der Waals surface area contributed by atoms with Gasteiger partial charge >= 0.3 is 0 Å². The molecule has 13 aromatic carbocycles. The Balaban J connectivity index is 0.888. The van der Waals surface area contributed by atoms with Crippen LogP contribution in [0.1, 0.15) is 49.9 Å². The molecular weight excluding hydrogens is 945 g/mol. The third-order valence-electron chi connectivity index (χ3n) is 18.3. The van der Waals surface area contributed by atoms with E-state index in [0.29, 0.717) is 0 Å². The van der Waals surface area contributed by atoms with Gasteiger partial charge in [-0.25, -0.2) is 0 Å². The first-order chi connectivity index (χ1) is 38.2. The van der Waals surface area contributed by atoms with E-state index < -0.39 is 0 Å². The molecule has 0 radical (unpaired) electrons. The maximum absolute atomic E-state index is 7.16. The van der Waals surface area contributed by atoms with Gasteiger partial charge in [0.05, 0.1) is 0 Å². The second-order valence-electron chi connectivity index (χ2n) is 23.0. The van der Waals surface area contributed by atoms with Gasteiger partial charge in [0.2, 0.25) is 0 Å². The number of rotatable bonds is 4. The van der Waals surface area contributed by atoms with Crippen molar-refractivity contribution in [2.45, 2.75) is 38.5 Å². The Morgan fingerprint density at radius 1 is 0.244 bits per heavy atom. The number of furan rings is 2. The molecule has 0 bridgehead atoms. The van der Waals surface area contributed by atoms with Crippen LogP contribution in [-0.4, -0.2) is 0 Å². The average molecular weight is 995 g/mol. The van der Waals surface area contributed by atoms with E-state index in [2.05, 4.69) is 258 Å². The highest BCUT2D eigenvalue weighted by atomic mass is 16.3. The molecule has 2 nitrogen and oxygen atoms in total. The minimum atomic E-state index is -0.352. The van der Waals surface area contributed by atoms with Crippen molar-refractivity contribution in [3.05, 3.63) is 253 Å². The molecule has 0 N–H and O–H groups in total. The SMILES string of the molecule is CC1(C)c2cc3c(cc2-c2c1cc(-c1ccc(-c4cccc5ccccc45)c4ccccc14)c1oc4ccccc4c21)C(C)(C)c1cc(-c2ccc(-c4cccc5ccccc45)c4ccccc24)c2oc4ccccc4c2c1-3. The van der Waals surface area contributed by atoms with Crippen LogP contribution in [0.4, 0.5) is 0 Å². The summed E-state index contributed by atoms with van der Waals surface area (Å²) in [7, 11) is 0. The third-order valence-corrected chi connectivity index (χ3v) is 18.3. The third kappa shape index (κ3) is 5.76. The highest BCUT2D eigenvalue weighted by molar-refractivity contribution is 6.24.